The van der Waals surface area contributed by atoms with Crippen molar-refractivity contribution in [1.82, 2.24) is 0 Å². The summed E-state index contributed by atoms with van der Waals surface area (Å²) >= 11 is 2.17. The predicted molar refractivity (Wildman–Crippen MR) is 74.8 cm³/mol. The zero-order valence-electron chi connectivity index (χ0n) is 10.3. The van der Waals surface area contributed by atoms with Crippen LogP contribution in [0.2, 0.25) is 0 Å². The SMILES string of the molecule is CC[C@@](OCOC)(OC(N)=O)c1cccc(I)c1. The first-order valence-corrected chi connectivity index (χ1v) is 6.49. The van der Waals surface area contributed by atoms with E-state index in [2.05, 4.69) is 22.6 Å². The van der Waals surface area contributed by atoms with E-state index in [0.717, 1.165) is 9.13 Å². The number of primary amides is 1. The van der Waals surface area contributed by atoms with Crippen LogP contribution in [0.3, 0.4) is 0 Å². The molecule has 1 rings (SSSR count). The number of amides is 1. The fraction of sp³-hybridized carbons (Fsp3) is 0.417. The molecule has 5 nitrogen and oxygen atoms in total. The molecule has 1 atom stereocenters. The van der Waals surface area contributed by atoms with Crippen molar-refractivity contribution in [1.29, 1.82) is 0 Å². The molecule has 0 radical (unpaired) electrons. The largest absolute Gasteiger partial charge is 0.412 e. The first-order valence-electron chi connectivity index (χ1n) is 5.41. The second-order valence-electron chi connectivity index (χ2n) is 3.59. The molecular weight excluding hydrogens is 349 g/mol. The molecule has 18 heavy (non-hydrogen) atoms. The van der Waals surface area contributed by atoms with Crippen molar-refractivity contribution in [2.24, 2.45) is 5.73 Å². The summed E-state index contributed by atoms with van der Waals surface area (Å²) in [5.74, 6) is -1.21. The molecule has 0 fully saturated rings. The predicted octanol–water partition coefficient (Wildman–Crippen LogP) is 2.57. The van der Waals surface area contributed by atoms with E-state index in [1.807, 2.05) is 31.2 Å². The highest BCUT2D eigenvalue weighted by atomic mass is 127. The summed E-state index contributed by atoms with van der Waals surface area (Å²) in [6.07, 6.45) is -0.453. The molecule has 1 aromatic rings. The van der Waals surface area contributed by atoms with Crippen LogP contribution < -0.4 is 5.73 Å². The van der Waals surface area contributed by atoms with Crippen LogP contribution in [-0.4, -0.2) is 20.0 Å². The number of hydrogen-bond acceptors (Lipinski definition) is 4. The third-order valence-corrected chi connectivity index (χ3v) is 3.08. The van der Waals surface area contributed by atoms with Crippen molar-refractivity contribution < 1.29 is 19.0 Å². The molecule has 0 spiro atoms. The lowest BCUT2D eigenvalue weighted by Crippen LogP contribution is -2.37. The Kier molecular flexibility index (Phi) is 5.83. The number of benzene rings is 1. The van der Waals surface area contributed by atoms with Gasteiger partial charge in [0.2, 0.25) is 5.79 Å². The van der Waals surface area contributed by atoms with Gasteiger partial charge in [-0.2, -0.15) is 0 Å². The molecule has 0 bridgehead atoms. The van der Waals surface area contributed by atoms with Gasteiger partial charge in [-0.15, -0.1) is 0 Å². The standard InChI is InChI=1S/C12H16INO4/c1-3-12(17-8-16-2,18-11(14)15)9-5-4-6-10(13)7-9/h4-7H,3,8H2,1-2H3,(H2,14,15)/t12-/m1/s1. The van der Waals surface area contributed by atoms with Gasteiger partial charge in [-0.25, -0.2) is 4.79 Å². The van der Waals surface area contributed by atoms with Gasteiger partial charge in [0.1, 0.15) is 0 Å². The molecule has 0 aliphatic carbocycles. The second kappa shape index (κ2) is 6.91. The fourth-order valence-corrected chi connectivity index (χ4v) is 2.14. The fourth-order valence-electron chi connectivity index (χ4n) is 1.59. The number of nitrogens with two attached hydrogens (primary N) is 1. The maximum absolute atomic E-state index is 11.1. The first kappa shape index (κ1) is 15.2. The molecule has 1 amide bonds. The number of ether oxygens (including phenoxy) is 3. The minimum absolute atomic E-state index is 0.00654. The first-order chi connectivity index (χ1) is 8.54. The van der Waals surface area contributed by atoms with Gasteiger partial charge in [-0.05, 0) is 34.7 Å². The molecule has 0 saturated heterocycles. The van der Waals surface area contributed by atoms with Crippen LogP contribution in [0, 0.1) is 3.57 Å². The maximum Gasteiger partial charge on any atom is 0.407 e. The molecule has 0 unspecified atom stereocenters. The van der Waals surface area contributed by atoms with E-state index in [4.69, 9.17) is 19.9 Å². The van der Waals surface area contributed by atoms with E-state index in [1.165, 1.54) is 7.11 Å². The number of carbonyl (C=O) groups is 1. The van der Waals surface area contributed by atoms with Crippen molar-refractivity contribution in [2.75, 3.05) is 13.9 Å². The van der Waals surface area contributed by atoms with E-state index in [1.54, 1.807) is 0 Å². The van der Waals surface area contributed by atoms with Gasteiger partial charge in [0.15, 0.2) is 6.79 Å². The lowest BCUT2D eigenvalue weighted by atomic mass is 10.0. The van der Waals surface area contributed by atoms with E-state index >= 15 is 0 Å². The van der Waals surface area contributed by atoms with E-state index in [0.29, 0.717) is 6.42 Å². The summed E-state index contributed by atoms with van der Waals surface area (Å²) in [5.41, 5.74) is 5.85. The Morgan fingerprint density at radius 2 is 2.22 bits per heavy atom. The van der Waals surface area contributed by atoms with Crippen molar-refractivity contribution in [3.8, 4) is 0 Å². The third kappa shape index (κ3) is 3.82. The quantitative estimate of drug-likeness (QED) is 0.622. The van der Waals surface area contributed by atoms with Gasteiger partial charge < -0.3 is 19.9 Å². The number of rotatable bonds is 6. The molecule has 0 aromatic heterocycles. The van der Waals surface area contributed by atoms with Crippen LogP contribution in [0.5, 0.6) is 0 Å². The summed E-state index contributed by atoms with van der Waals surface area (Å²) in [6, 6.07) is 7.50. The Balaban J connectivity index is 3.11. The highest BCUT2D eigenvalue weighted by Crippen LogP contribution is 2.32. The molecule has 0 aliphatic heterocycles. The van der Waals surface area contributed by atoms with Crippen LogP contribution in [0.15, 0.2) is 24.3 Å². The summed E-state index contributed by atoms with van der Waals surface area (Å²) in [5, 5.41) is 0. The number of hydrogen-bond donors (Lipinski definition) is 1. The van der Waals surface area contributed by atoms with Crippen LogP contribution in [-0.2, 0) is 20.0 Å². The minimum atomic E-state index is -1.21. The number of carbonyl (C=O) groups excluding carboxylic acids is 1. The Hall–Kier alpha value is -0.860. The molecule has 0 saturated carbocycles. The normalized spacial score (nSPS) is 13.9. The second-order valence-corrected chi connectivity index (χ2v) is 4.83. The zero-order valence-corrected chi connectivity index (χ0v) is 12.5. The van der Waals surface area contributed by atoms with Gasteiger partial charge in [-0.3, -0.25) is 0 Å². The Bertz CT molecular complexity index is 413. The highest BCUT2D eigenvalue weighted by Gasteiger charge is 2.35. The Morgan fingerprint density at radius 1 is 1.50 bits per heavy atom. The highest BCUT2D eigenvalue weighted by molar-refractivity contribution is 14.1. The molecule has 100 valence electrons. The maximum atomic E-state index is 11.1. The summed E-state index contributed by atoms with van der Waals surface area (Å²) < 4.78 is 16.6. The minimum Gasteiger partial charge on any atom is -0.412 e. The van der Waals surface area contributed by atoms with Gasteiger partial charge in [0.25, 0.3) is 0 Å². The Labute approximate surface area is 120 Å². The topological polar surface area (TPSA) is 70.8 Å². The van der Waals surface area contributed by atoms with Gasteiger partial charge in [-0.1, -0.05) is 19.1 Å². The van der Waals surface area contributed by atoms with Gasteiger partial charge in [0.05, 0.1) is 0 Å². The molecule has 1 aromatic carbocycles. The Morgan fingerprint density at radius 3 is 2.72 bits per heavy atom. The summed E-state index contributed by atoms with van der Waals surface area (Å²) in [4.78, 5) is 11.1. The monoisotopic (exact) mass is 365 g/mol. The van der Waals surface area contributed by atoms with Crippen LogP contribution in [0.4, 0.5) is 4.79 Å². The van der Waals surface area contributed by atoms with Crippen molar-refractivity contribution in [2.45, 2.75) is 19.1 Å². The molecule has 2 N–H and O–H groups in total. The average molecular weight is 365 g/mol. The van der Waals surface area contributed by atoms with E-state index < -0.39 is 11.9 Å². The van der Waals surface area contributed by atoms with Crippen molar-refractivity contribution in [3.63, 3.8) is 0 Å². The molecule has 6 heteroatoms. The van der Waals surface area contributed by atoms with E-state index in [9.17, 15) is 4.79 Å². The van der Waals surface area contributed by atoms with Crippen LogP contribution >= 0.6 is 22.6 Å². The summed E-state index contributed by atoms with van der Waals surface area (Å²) in [6.45, 7) is 1.85. The zero-order chi connectivity index (χ0) is 13.6. The van der Waals surface area contributed by atoms with Gasteiger partial charge in [0, 0.05) is 22.7 Å². The van der Waals surface area contributed by atoms with Crippen molar-refractivity contribution >= 4 is 28.7 Å². The average Bonchev–Trinajstić information content (AvgIpc) is 2.34. The van der Waals surface area contributed by atoms with E-state index in [-0.39, 0.29) is 6.79 Å². The lowest BCUT2D eigenvalue weighted by Gasteiger charge is -2.31. The van der Waals surface area contributed by atoms with Gasteiger partial charge >= 0.3 is 6.09 Å². The van der Waals surface area contributed by atoms with Crippen molar-refractivity contribution in [3.05, 3.63) is 33.4 Å². The number of methoxy groups -OCH3 is 1. The smallest absolute Gasteiger partial charge is 0.407 e. The molecular formula is C12H16INO4. The van der Waals surface area contributed by atoms with Crippen LogP contribution in [0.25, 0.3) is 0 Å². The molecule has 0 aliphatic rings. The third-order valence-electron chi connectivity index (χ3n) is 2.41. The summed E-state index contributed by atoms with van der Waals surface area (Å²) in [7, 11) is 1.50. The lowest BCUT2D eigenvalue weighted by molar-refractivity contribution is -0.249. The number of halogens is 1. The van der Waals surface area contributed by atoms with Crippen LogP contribution in [0.1, 0.15) is 18.9 Å². The molecule has 0 heterocycles.